The van der Waals surface area contributed by atoms with E-state index in [1.165, 1.54) is 0 Å². The number of hydrogen-bond donors (Lipinski definition) is 2. The summed E-state index contributed by atoms with van der Waals surface area (Å²) in [7, 11) is 0. The second kappa shape index (κ2) is 4.04. The number of rotatable bonds is 3. The number of nitrogens with two attached hydrogens (primary N) is 1. The van der Waals surface area contributed by atoms with Gasteiger partial charge in [0.2, 0.25) is 0 Å². The molecule has 0 amide bonds. The van der Waals surface area contributed by atoms with Crippen LogP contribution in [0.25, 0.3) is 11.0 Å². The number of imidazole rings is 1. The van der Waals surface area contributed by atoms with E-state index >= 15 is 0 Å². The first-order chi connectivity index (χ1) is 7.99. The van der Waals surface area contributed by atoms with Gasteiger partial charge in [0.25, 0.3) is 0 Å². The van der Waals surface area contributed by atoms with Crippen LogP contribution in [-0.4, -0.2) is 21.3 Å². The number of nitrogen functional groups attached to an aromatic ring is 1. The molecule has 2 rings (SSSR count). The van der Waals surface area contributed by atoms with Crippen molar-refractivity contribution >= 4 is 16.7 Å². The molecule has 1 aromatic heterocycles. The van der Waals surface area contributed by atoms with E-state index in [-0.39, 0.29) is 12.0 Å². The van der Waals surface area contributed by atoms with Gasteiger partial charge in [0.1, 0.15) is 5.82 Å². The fourth-order valence-corrected chi connectivity index (χ4v) is 2.05. The number of aliphatic hydroxyl groups is 1. The van der Waals surface area contributed by atoms with Crippen molar-refractivity contribution in [2.24, 2.45) is 0 Å². The van der Waals surface area contributed by atoms with Gasteiger partial charge in [-0.05, 0) is 25.1 Å². The number of aliphatic hydroxyl groups excluding tert-OH is 1. The minimum Gasteiger partial charge on any atom is -0.399 e. The molecule has 4 nitrogen and oxygen atoms in total. The zero-order valence-electron chi connectivity index (χ0n) is 10.6. The second-order valence-electron chi connectivity index (χ2n) is 4.97. The average molecular weight is 233 g/mol. The van der Waals surface area contributed by atoms with Crippen LogP contribution in [0.15, 0.2) is 18.2 Å². The maximum atomic E-state index is 9.47. The Bertz CT molecular complexity index is 543. The van der Waals surface area contributed by atoms with Crippen LogP contribution in [0.2, 0.25) is 0 Å². The van der Waals surface area contributed by atoms with E-state index in [0.717, 1.165) is 29.1 Å². The molecule has 0 aliphatic heterocycles. The third kappa shape index (κ3) is 1.89. The van der Waals surface area contributed by atoms with Crippen LogP contribution in [0.3, 0.4) is 0 Å². The predicted octanol–water partition coefficient (Wildman–Crippen LogP) is 1.91. The van der Waals surface area contributed by atoms with Gasteiger partial charge in [-0.15, -0.1) is 0 Å². The molecular weight excluding hydrogens is 214 g/mol. The van der Waals surface area contributed by atoms with Gasteiger partial charge < -0.3 is 15.4 Å². The Morgan fingerprint density at radius 2 is 2.12 bits per heavy atom. The van der Waals surface area contributed by atoms with Crippen LogP contribution in [0.4, 0.5) is 5.69 Å². The topological polar surface area (TPSA) is 64.1 Å². The number of nitrogens with zero attached hydrogens (tertiary/aromatic N) is 2. The first kappa shape index (κ1) is 11.9. The fourth-order valence-electron chi connectivity index (χ4n) is 2.05. The maximum Gasteiger partial charge on any atom is 0.117 e. The molecule has 1 heterocycles. The lowest BCUT2D eigenvalue weighted by atomic mass is 9.94. The van der Waals surface area contributed by atoms with Crippen molar-refractivity contribution in [1.29, 1.82) is 0 Å². The third-order valence-corrected chi connectivity index (χ3v) is 3.09. The molecule has 2 aromatic rings. The van der Waals surface area contributed by atoms with Gasteiger partial charge in [0.15, 0.2) is 0 Å². The van der Waals surface area contributed by atoms with Crippen LogP contribution in [0.5, 0.6) is 0 Å². The van der Waals surface area contributed by atoms with Crippen molar-refractivity contribution in [3.63, 3.8) is 0 Å². The van der Waals surface area contributed by atoms with Crippen molar-refractivity contribution in [1.82, 2.24) is 9.55 Å². The molecule has 0 aliphatic carbocycles. The van der Waals surface area contributed by atoms with Gasteiger partial charge in [-0.2, -0.15) is 0 Å². The molecular formula is C13H19N3O. The molecule has 0 atom stereocenters. The highest BCUT2D eigenvalue weighted by atomic mass is 16.3. The van der Waals surface area contributed by atoms with Crippen LogP contribution < -0.4 is 5.73 Å². The summed E-state index contributed by atoms with van der Waals surface area (Å²) in [4.78, 5) is 4.61. The summed E-state index contributed by atoms with van der Waals surface area (Å²) in [5, 5.41) is 9.47. The monoisotopic (exact) mass is 233 g/mol. The minimum atomic E-state index is -0.343. The van der Waals surface area contributed by atoms with Crippen LogP contribution in [0, 0.1) is 0 Å². The smallest absolute Gasteiger partial charge is 0.117 e. The van der Waals surface area contributed by atoms with E-state index in [0.29, 0.717) is 0 Å². The quantitative estimate of drug-likeness (QED) is 0.796. The average Bonchev–Trinajstić information content (AvgIpc) is 2.67. The molecule has 92 valence electrons. The Hall–Kier alpha value is -1.55. The first-order valence-corrected chi connectivity index (χ1v) is 5.86. The van der Waals surface area contributed by atoms with E-state index in [9.17, 15) is 5.11 Å². The van der Waals surface area contributed by atoms with Crippen LogP contribution in [0.1, 0.15) is 26.6 Å². The summed E-state index contributed by atoms with van der Waals surface area (Å²) in [5.41, 5.74) is 8.16. The Kier molecular flexibility index (Phi) is 2.83. The molecule has 0 fully saturated rings. The molecule has 4 heteroatoms. The summed E-state index contributed by atoms with van der Waals surface area (Å²) >= 11 is 0. The van der Waals surface area contributed by atoms with Crippen LogP contribution in [-0.2, 0) is 12.0 Å². The number of fused-ring (bicyclic) bond motifs is 1. The maximum absolute atomic E-state index is 9.47. The Balaban J connectivity index is 2.73. The zero-order valence-corrected chi connectivity index (χ0v) is 10.6. The van der Waals surface area contributed by atoms with Crippen molar-refractivity contribution in [2.45, 2.75) is 32.7 Å². The molecule has 0 spiro atoms. The van der Waals surface area contributed by atoms with E-state index in [4.69, 9.17) is 5.73 Å². The standard InChI is InChI=1S/C13H19N3O/c1-4-16-11-7-9(14)5-6-10(11)15-12(16)13(2,3)8-17/h5-7,17H,4,8,14H2,1-3H3. The highest BCUT2D eigenvalue weighted by Crippen LogP contribution is 2.27. The molecule has 0 saturated carbocycles. The SMILES string of the molecule is CCn1c(C(C)(C)CO)nc2ccc(N)cc21. The zero-order chi connectivity index (χ0) is 12.6. The van der Waals surface area contributed by atoms with Gasteiger partial charge in [0.05, 0.1) is 17.6 Å². The summed E-state index contributed by atoms with van der Waals surface area (Å²) in [6.45, 7) is 6.94. The lowest BCUT2D eigenvalue weighted by molar-refractivity contribution is 0.209. The molecule has 17 heavy (non-hydrogen) atoms. The van der Waals surface area contributed by atoms with E-state index in [1.807, 2.05) is 32.0 Å². The van der Waals surface area contributed by atoms with Gasteiger partial charge in [-0.1, -0.05) is 13.8 Å². The van der Waals surface area contributed by atoms with Gasteiger partial charge in [-0.3, -0.25) is 0 Å². The summed E-state index contributed by atoms with van der Waals surface area (Å²) in [5.74, 6) is 0.906. The van der Waals surface area contributed by atoms with Crippen LogP contribution >= 0.6 is 0 Å². The fraction of sp³-hybridized carbons (Fsp3) is 0.462. The normalized spacial score (nSPS) is 12.2. The molecule has 1 aromatic carbocycles. The Labute approximate surface area is 101 Å². The van der Waals surface area contributed by atoms with E-state index < -0.39 is 0 Å². The minimum absolute atomic E-state index is 0.0752. The number of benzene rings is 1. The van der Waals surface area contributed by atoms with Gasteiger partial charge >= 0.3 is 0 Å². The number of hydrogen-bond acceptors (Lipinski definition) is 3. The van der Waals surface area contributed by atoms with Crippen molar-refractivity contribution in [2.75, 3.05) is 12.3 Å². The Morgan fingerprint density at radius 3 is 2.71 bits per heavy atom. The highest BCUT2D eigenvalue weighted by Gasteiger charge is 2.26. The number of aromatic nitrogens is 2. The van der Waals surface area contributed by atoms with E-state index in [1.54, 1.807) is 0 Å². The van der Waals surface area contributed by atoms with Gasteiger partial charge in [0, 0.05) is 17.6 Å². The summed E-state index contributed by atoms with van der Waals surface area (Å²) in [6, 6.07) is 5.71. The van der Waals surface area contributed by atoms with Crippen molar-refractivity contribution < 1.29 is 5.11 Å². The summed E-state index contributed by atoms with van der Waals surface area (Å²) < 4.78 is 2.11. The molecule has 0 radical (unpaired) electrons. The number of anilines is 1. The molecule has 0 saturated heterocycles. The summed E-state index contributed by atoms with van der Waals surface area (Å²) in [6.07, 6.45) is 0. The Morgan fingerprint density at radius 1 is 1.41 bits per heavy atom. The predicted molar refractivity (Wildman–Crippen MR) is 69.9 cm³/mol. The van der Waals surface area contributed by atoms with E-state index in [2.05, 4.69) is 16.5 Å². The highest BCUT2D eigenvalue weighted by molar-refractivity contribution is 5.80. The van der Waals surface area contributed by atoms with Crippen molar-refractivity contribution in [3.05, 3.63) is 24.0 Å². The lowest BCUT2D eigenvalue weighted by Crippen LogP contribution is -2.26. The molecule has 0 unspecified atom stereocenters. The first-order valence-electron chi connectivity index (χ1n) is 5.86. The molecule has 0 bridgehead atoms. The van der Waals surface area contributed by atoms with Crippen molar-refractivity contribution in [3.8, 4) is 0 Å². The number of aryl methyl sites for hydroxylation is 1. The second-order valence-corrected chi connectivity index (χ2v) is 4.97. The molecule has 3 N–H and O–H groups in total. The largest absolute Gasteiger partial charge is 0.399 e. The van der Waals surface area contributed by atoms with Gasteiger partial charge in [-0.25, -0.2) is 4.98 Å². The third-order valence-electron chi connectivity index (χ3n) is 3.09. The lowest BCUT2D eigenvalue weighted by Gasteiger charge is -2.22. The molecule has 0 aliphatic rings.